The second-order valence-electron chi connectivity index (χ2n) is 9.44. The first-order valence-electron chi connectivity index (χ1n) is 13.4. The van der Waals surface area contributed by atoms with Gasteiger partial charge in [-0.15, -0.1) is 0 Å². The molecule has 0 saturated carbocycles. The number of carbonyl (C=O) groups is 3. The van der Waals surface area contributed by atoms with Crippen molar-refractivity contribution in [3.05, 3.63) is 0 Å². The summed E-state index contributed by atoms with van der Waals surface area (Å²) in [6.07, 6.45) is 16.1. The van der Waals surface area contributed by atoms with Crippen LogP contribution in [0.15, 0.2) is 0 Å². The van der Waals surface area contributed by atoms with Crippen molar-refractivity contribution in [1.82, 2.24) is 16.0 Å². The Kier molecular flexibility index (Phi) is 21.1. The highest BCUT2D eigenvalue weighted by molar-refractivity contribution is 5.82. The molecule has 1 atom stereocenters. The second kappa shape index (κ2) is 22.2. The summed E-state index contributed by atoms with van der Waals surface area (Å²) in [5.41, 5.74) is 0. The molecule has 0 aliphatic heterocycles. The summed E-state index contributed by atoms with van der Waals surface area (Å²) in [5, 5.41) is 17.9. The maximum Gasteiger partial charge on any atom is 0.303 e. The van der Waals surface area contributed by atoms with E-state index < -0.39 is 12.0 Å². The second-order valence-corrected chi connectivity index (χ2v) is 9.44. The third-order valence-corrected chi connectivity index (χ3v) is 5.73. The minimum absolute atomic E-state index is 0.0251. The highest BCUT2D eigenvalue weighted by atomic mass is 16.4. The number of aliphatic carboxylic acids is 1. The van der Waals surface area contributed by atoms with Crippen molar-refractivity contribution >= 4 is 17.8 Å². The van der Waals surface area contributed by atoms with Crippen molar-refractivity contribution < 1.29 is 19.5 Å². The lowest BCUT2D eigenvalue weighted by Gasteiger charge is -2.20. The lowest BCUT2D eigenvalue weighted by atomic mass is 10.1. The Hall–Kier alpha value is -1.63. The zero-order chi connectivity index (χ0) is 24.7. The number of nitrogens with one attached hydrogen (secondary N) is 3. The molecule has 0 aromatic carbocycles. The van der Waals surface area contributed by atoms with E-state index in [0.29, 0.717) is 13.0 Å². The molecule has 0 fully saturated rings. The van der Waals surface area contributed by atoms with Crippen molar-refractivity contribution in [2.75, 3.05) is 13.1 Å². The molecule has 0 heterocycles. The minimum Gasteiger partial charge on any atom is -0.481 e. The first-order chi connectivity index (χ1) is 15.9. The summed E-state index contributed by atoms with van der Waals surface area (Å²) in [4.78, 5) is 35.0. The van der Waals surface area contributed by atoms with E-state index in [1.54, 1.807) is 0 Å². The van der Waals surface area contributed by atoms with E-state index in [2.05, 4.69) is 22.9 Å². The Morgan fingerprint density at radius 3 is 1.76 bits per heavy atom. The van der Waals surface area contributed by atoms with Gasteiger partial charge >= 0.3 is 5.97 Å². The van der Waals surface area contributed by atoms with Crippen molar-refractivity contribution in [3.63, 3.8) is 0 Å². The quantitative estimate of drug-likeness (QED) is 0.159. The van der Waals surface area contributed by atoms with E-state index in [1.165, 1.54) is 44.9 Å². The Balaban J connectivity index is 3.60. The molecule has 0 rings (SSSR count). The molecule has 0 aromatic rings. The van der Waals surface area contributed by atoms with E-state index in [4.69, 9.17) is 5.11 Å². The van der Waals surface area contributed by atoms with Gasteiger partial charge < -0.3 is 21.1 Å². The average Bonchev–Trinajstić information content (AvgIpc) is 2.76. The van der Waals surface area contributed by atoms with Crippen LogP contribution in [0.25, 0.3) is 0 Å². The van der Waals surface area contributed by atoms with Crippen LogP contribution in [0, 0.1) is 0 Å². The highest BCUT2D eigenvalue weighted by Gasteiger charge is 2.19. The highest BCUT2D eigenvalue weighted by Crippen LogP contribution is 2.10. The maximum absolute atomic E-state index is 12.3. The van der Waals surface area contributed by atoms with Gasteiger partial charge in [0.25, 0.3) is 0 Å². The summed E-state index contributed by atoms with van der Waals surface area (Å²) in [7, 11) is 0. The Morgan fingerprint density at radius 2 is 1.21 bits per heavy atom. The molecule has 194 valence electrons. The number of hydrogen-bond acceptors (Lipinski definition) is 4. The van der Waals surface area contributed by atoms with Gasteiger partial charge in [-0.25, -0.2) is 0 Å². The molecule has 0 aliphatic rings. The summed E-state index contributed by atoms with van der Waals surface area (Å²) in [6.45, 7) is 7.43. The first-order valence-corrected chi connectivity index (χ1v) is 13.4. The van der Waals surface area contributed by atoms with Crippen LogP contribution in [-0.2, 0) is 14.4 Å². The number of carboxylic acid groups (broad SMARTS) is 1. The van der Waals surface area contributed by atoms with E-state index in [1.807, 2.05) is 13.8 Å². The third-order valence-electron chi connectivity index (χ3n) is 5.73. The van der Waals surface area contributed by atoms with Gasteiger partial charge in [0.1, 0.15) is 0 Å². The van der Waals surface area contributed by atoms with Gasteiger partial charge in [-0.05, 0) is 25.7 Å². The molecule has 2 amide bonds. The standard InChI is InChI=1S/C26H51N3O4/c1-4-5-6-7-8-9-10-11-14-17-24(30)27-20-15-12-13-16-21-28-26(33)23(29-22(2)3)18-19-25(31)32/h22-23,29H,4-21H2,1-3H3,(H,27,30)(H,28,33)(H,31,32). The van der Waals surface area contributed by atoms with Crippen LogP contribution < -0.4 is 16.0 Å². The third kappa shape index (κ3) is 22.0. The summed E-state index contributed by atoms with van der Waals surface area (Å²) >= 11 is 0. The smallest absolute Gasteiger partial charge is 0.303 e. The van der Waals surface area contributed by atoms with Gasteiger partial charge in [-0.1, -0.05) is 85.0 Å². The molecular formula is C26H51N3O4. The molecule has 0 spiro atoms. The number of hydrogen-bond donors (Lipinski definition) is 4. The Labute approximate surface area is 202 Å². The van der Waals surface area contributed by atoms with Crippen LogP contribution in [0.4, 0.5) is 0 Å². The van der Waals surface area contributed by atoms with Gasteiger partial charge in [-0.3, -0.25) is 14.4 Å². The molecular weight excluding hydrogens is 418 g/mol. The van der Waals surface area contributed by atoms with Crippen LogP contribution in [0.3, 0.4) is 0 Å². The number of amides is 2. The van der Waals surface area contributed by atoms with E-state index in [9.17, 15) is 14.4 Å². The SMILES string of the molecule is CCCCCCCCCCCC(=O)NCCCCCCNC(=O)C(CCC(=O)O)NC(C)C. The van der Waals surface area contributed by atoms with E-state index in [-0.39, 0.29) is 30.7 Å². The summed E-state index contributed by atoms with van der Waals surface area (Å²) in [6, 6.07) is -0.354. The molecule has 0 saturated heterocycles. The Morgan fingerprint density at radius 1 is 0.697 bits per heavy atom. The normalized spacial score (nSPS) is 12.0. The molecule has 1 unspecified atom stereocenters. The van der Waals surface area contributed by atoms with Crippen LogP contribution in [0.1, 0.15) is 124 Å². The minimum atomic E-state index is -0.890. The molecule has 7 heteroatoms. The van der Waals surface area contributed by atoms with Gasteiger partial charge in [-0.2, -0.15) is 0 Å². The zero-order valence-corrected chi connectivity index (χ0v) is 21.6. The lowest BCUT2D eigenvalue weighted by molar-refractivity contribution is -0.137. The lowest BCUT2D eigenvalue weighted by Crippen LogP contribution is -2.47. The van der Waals surface area contributed by atoms with Crippen LogP contribution in [0.5, 0.6) is 0 Å². The van der Waals surface area contributed by atoms with Gasteiger partial charge in [0, 0.05) is 32.0 Å². The predicted octanol–water partition coefficient (Wildman–Crippen LogP) is 4.93. The topological polar surface area (TPSA) is 108 Å². The predicted molar refractivity (Wildman–Crippen MR) is 135 cm³/mol. The number of unbranched alkanes of at least 4 members (excludes halogenated alkanes) is 11. The fraction of sp³-hybridized carbons (Fsp3) is 0.885. The number of rotatable bonds is 23. The molecule has 0 radical (unpaired) electrons. The first kappa shape index (κ1) is 31.4. The molecule has 0 aromatic heterocycles. The molecule has 33 heavy (non-hydrogen) atoms. The Bertz CT molecular complexity index is 512. The number of carbonyl (C=O) groups excluding carboxylic acids is 2. The summed E-state index contributed by atoms with van der Waals surface area (Å²) in [5.74, 6) is -0.859. The number of carboxylic acids is 1. The fourth-order valence-corrected chi connectivity index (χ4v) is 3.81. The van der Waals surface area contributed by atoms with Gasteiger partial charge in [0.05, 0.1) is 6.04 Å². The van der Waals surface area contributed by atoms with Gasteiger partial charge in [0.15, 0.2) is 0 Å². The molecule has 7 nitrogen and oxygen atoms in total. The van der Waals surface area contributed by atoms with Gasteiger partial charge in [0.2, 0.25) is 11.8 Å². The van der Waals surface area contributed by atoms with Crippen molar-refractivity contribution in [2.45, 2.75) is 136 Å². The van der Waals surface area contributed by atoms with Crippen LogP contribution in [-0.4, -0.2) is 48.1 Å². The monoisotopic (exact) mass is 469 g/mol. The molecule has 4 N–H and O–H groups in total. The maximum atomic E-state index is 12.3. The average molecular weight is 470 g/mol. The summed E-state index contributed by atoms with van der Waals surface area (Å²) < 4.78 is 0. The van der Waals surface area contributed by atoms with Crippen molar-refractivity contribution in [1.29, 1.82) is 0 Å². The fourth-order valence-electron chi connectivity index (χ4n) is 3.81. The van der Waals surface area contributed by atoms with E-state index in [0.717, 1.165) is 45.1 Å². The zero-order valence-electron chi connectivity index (χ0n) is 21.6. The molecule has 0 aliphatic carbocycles. The van der Waals surface area contributed by atoms with Crippen molar-refractivity contribution in [2.24, 2.45) is 0 Å². The van der Waals surface area contributed by atoms with Crippen LogP contribution >= 0.6 is 0 Å². The van der Waals surface area contributed by atoms with Crippen molar-refractivity contribution in [3.8, 4) is 0 Å². The van der Waals surface area contributed by atoms with Crippen LogP contribution in [0.2, 0.25) is 0 Å². The van der Waals surface area contributed by atoms with E-state index >= 15 is 0 Å². The largest absolute Gasteiger partial charge is 0.481 e. The molecule has 0 bridgehead atoms.